The average molecular weight is 246 g/mol. The van der Waals surface area contributed by atoms with Crippen LogP contribution >= 0.6 is 0 Å². The van der Waals surface area contributed by atoms with Gasteiger partial charge in [-0.15, -0.1) is 0 Å². The number of nitrogens with two attached hydrogens (primary N) is 1. The highest BCUT2D eigenvalue weighted by atomic mass is 15.2. The Morgan fingerprint density at radius 3 is 2.89 bits per heavy atom. The maximum absolute atomic E-state index is 6.10. The standard InChI is InChI=1S/C14H22N4/c1-3-4-14(15)13-6-8-18(11-13)7-5-12-9-16-17(2)10-12/h6,8-11,14H,3-5,7,15H2,1-2H3. The van der Waals surface area contributed by atoms with Crippen LogP contribution in [0.3, 0.4) is 0 Å². The highest BCUT2D eigenvalue weighted by Gasteiger charge is 2.06. The molecule has 0 fully saturated rings. The number of aromatic nitrogens is 3. The Kier molecular flexibility index (Phi) is 4.20. The monoisotopic (exact) mass is 246 g/mol. The fraction of sp³-hybridized carbons (Fsp3) is 0.500. The molecule has 0 amide bonds. The van der Waals surface area contributed by atoms with Crippen LogP contribution in [0.1, 0.15) is 36.9 Å². The SMILES string of the molecule is CCCC(N)c1ccn(CCc2cnn(C)c2)c1. The average Bonchev–Trinajstić information content (AvgIpc) is 2.95. The zero-order valence-corrected chi connectivity index (χ0v) is 11.2. The fourth-order valence-electron chi connectivity index (χ4n) is 2.15. The van der Waals surface area contributed by atoms with Gasteiger partial charge in [-0.2, -0.15) is 5.10 Å². The number of hydrogen-bond acceptors (Lipinski definition) is 2. The molecule has 0 aromatic carbocycles. The van der Waals surface area contributed by atoms with E-state index in [0.29, 0.717) is 0 Å². The minimum Gasteiger partial charge on any atom is -0.354 e. The van der Waals surface area contributed by atoms with E-state index in [4.69, 9.17) is 5.73 Å². The van der Waals surface area contributed by atoms with Gasteiger partial charge in [-0.1, -0.05) is 13.3 Å². The van der Waals surface area contributed by atoms with Crippen LogP contribution in [-0.4, -0.2) is 14.3 Å². The summed E-state index contributed by atoms with van der Waals surface area (Å²) in [5.41, 5.74) is 8.61. The molecule has 2 aromatic heterocycles. The van der Waals surface area contributed by atoms with Crippen molar-refractivity contribution in [1.82, 2.24) is 14.3 Å². The van der Waals surface area contributed by atoms with Crippen LogP contribution in [0.5, 0.6) is 0 Å². The molecule has 2 rings (SSSR count). The highest BCUT2D eigenvalue weighted by Crippen LogP contribution is 2.16. The van der Waals surface area contributed by atoms with E-state index in [9.17, 15) is 0 Å². The van der Waals surface area contributed by atoms with Crippen LogP contribution in [0.25, 0.3) is 0 Å². The van der Waals surface area contributed by atoms with Crippen LogP contribution in [0.2, 0.25) is 0 Å². The Morgan fingerprint density at radius 2 is 2.22 bits per heavy atom. The molecule has 98 valence electrons. The van der Waals surface area contributed by atoms with Crippen LogP contribution in [0.4, 0.5) is 0 Å². The molecule has 4 heteroatoms. The van der Waals surface area contributed by atoms with Crippen molar-refractivity contribution in [3.05, 3.63) is 42.0 Å². The molecule has 2 aromatic rings. The van der Waals surface area contributed by atoms with E-state index in [1.165, 1.54) is 11.1 Å². The molecule has 0 aliphatic carbocycles. The van der Waals surface area contributed by atoms with Gasteiger partial charge in [-0.3, -0.25) is 4.68 Å². The second-order valence-electron chi connectivity index (χ2n) is 4.85. The van der Waals surface area contributed by atoms with Crippen molar-refractivity contribution in [3.63, 3.8) is 0 Å². The van der Waals surface area contributed by atoms with Gasteiger partial charge in [0.25, 0.3) is 0 Å². The van der Waals surface area contributed by atoms with E-state index >= 15 is 0 Å². The molecule has 0 aliphatic rings. The van der Waals surface area contributed by atoms with Gasteiger partial charge in [0.2, 0.25) is 0 Å². The summed E-state index contributed by atoms with van der Waals surface area (Å²) in [6.07, 6.45) is 11.4. The second-order valence-corrected chi connectivity index (χ2v) is 4.85. The van der Waals surface area contributed by atoms with Crippen molar-refractivity contribution in [2.24, 2.45) is 12.8 Å². The summed E-state index contributed by atoms with van der Waals surface area (Å²) >= 11 is 0. The molecule has 4 nitrogen and oxygen atoms in total. The first-order valence-corrected chi connectivity index (χ1v) is 6.58. The molecule has 1 unspecified atom stereocenters. The molecule has 0 bridgehead atoms. The van der Waals surface area contributed by atoms with E-state index in [1.807, 2.05) is 17.9 Å². The van der Waals surface area contributed by atoms with Gasteiger partial charge in [0.15, 0.2) is 0 Å². The first-order chi connectivity index (χ1) is 8.69. The van der Waals surface area contributed by atoms with E-state index in [1.54, 1.807) is 0 Å². The zero-order chi connectivity index (χ0) is 13.0. The van der Waals surface area contributed by atoms with E-state index in [0.717, 1.165) is 25.8 Å². The Balaban J connectivity index is 1.90. The van der Waals surface area contributed by atoms with Gasteiger partial charge in [0.05, 0.1) is 6.20 Å². The molecular weight excluding hydrogens is 224 g/mol. The molecule has 0 radical (unpaired) electrons. The minimum absolute atomic E-state index is 0.176. The van der Waals surface area contributed by atoms with Gasteiger partial charge in [-0.25, -0.2) is 0 Å². The number of nitrogens with zero attached hydrogens (tertiary/aromatic N) is 3. The van der Waals surface area contributed by atoms with Crippen LogP contribution in [0.15, 0.2) is 30.9 Å². The summed E-state index contributed by atoms with van der Waals surface area (Å²) in [6, 6.07) is 2.30. The maximum Gasteiger partial charge on any atom is 0.0522 e. The van der Waals surface area contributed by atoms with Gasteiger partial charge in [0, 0.05) is 38.2 Å². The summed E-state index contributed by atoms with van der Waals surface area (Å²) in [4.78, 5) is 0. The molecule has 2 heterocycles. The molecule has 0 saturated carbocycles. The maximum atomic E-state index is 6.10. The predicted molar refractivity (Wildman–Crippen MR) is 73.2 cm³/mol. The third kappa shape index (κ3) is 3.23. The van der Waals surface area contributed by atoms with Crippen LogP contribution < -0.4 is 5.73 Å². The molecule has 0 aliphatic heterocycles. The number of aryl methyl sites for hydroxylation is 3. The van der Waals surface area contributed by atoms with Crippen molar-refractivity contribution < 1.29 is 0 Å². The molecule has 0 spiro atoms. The highest BCUT2D eigenvalue weighted by molar-refractivity contribution is 5.15. The normalized spacial score (nSPS) is 12.8. The van der Waals surface area contributed by atoms with Crippen LogP contribution in [-0.2, 0) is 20.0 Å². The summed E-state index contributed by atoms with van der Waals surface area (Å²) in [5.74, 6) is 0. The minimum atomic E-state index is 0.176. The van der Waals surface area contributed by atoms with Gasteiger partial charge >= 0.3 is 0 Å². The fourth-order valence-corrected chi connectivity index (χ4v) is 2.15. The van der Waals surface area contributed by atoms with Crippen molar-refractivity contribution in [2.45, 2.75) is 38.8 Å². The first-order valence-electron chi connectivity index (χ1n) is 6.58. The first kappa shape index (κ1) is 12.9. The van der Waals surface area contributed by atoms with E-state index in [-0.39, 0.29) is 6.04 Å². The lowest BCUT2D eigenvalue weighted by Crippen LogP contribution is -2.08. The van der Waals surface area contributed by atoms with Crippen molar-refractivity contribution >= 4 is 0 Å². The summed E-state index contributed by atoms with van der Waals surface area (Å²) in [5, 5.41) is 4.17. The summed E-state index contributed by atoms with van der Waals surface area (Å²) in [6.45, 7) is 3.14. The molecule has 0 saturated heterocycles. The third-order valence-electron chi connectivity index (χ3n) is 3.22. The predicted octanol–water partition coefficient (Wildman–Crippen LogP) is 2.26. The largest absolute Gasteiger partial charge is 0.354 e. The van der Waals surface area contributed by atoms with Gasteiger partial charge < -0.3 is 10.3 Å². The van der Waals surface area contributed by atoms with Crippen molar-refractivity contribution in [3.8, 4) is 0 Å². The molecule has 18 heavy (non-hydrogen) atoms. The quantitative estimate of drug-likeness (QED) is 0.850. The third-order valence-corrected chi connectivity index (χ3v) is 3.22. The van der Waals surface area contributed by atoms with E-state index < -0.39 is 0 Å². The van der Waals surface area contributed by atoms with Gasteiger partial charge in [0.1, 0.15) is 0 Å². The number of hydrogen-bond donors (Lipinski definition) is 1. The molecule has 2 N–H and O–H groups in total. The Hall–Kier alpha value is -1.55. The van der Waals surface area contributed by atoms with Crippen LogP contribution in [0, 0.1) is 0 Å². The molecule has 1 atom stereocenters. The van der Waals surface area contributed by atoms with E-state index in [2.05, 4.69) is 41.2 Å². The lowest BCUT2D eigenvalue weighted by atomic mass is 10.1. The Bertz CT molecular complexity index is 483. The molecular formula is C14H22N4. The van der Waals surface area contributed by atoms with Gasteiger partial charge in [-0.05, 0) is 30.0 Å². The Morgan fingerprint density at radius 1 is 1.39 bits per heavy atom. The second kappa shape index (κ2) is 5.87. The Labute approximate surface area is 108 Å². The van der Waals surface area contributed by atoms with Crippen molar-refractivity contribution in [2.75, 3.05) is 0 Å². The smallest absolute Gasteiger partial charge is 0.0522 e. The lowest BCUT2D eigenvalue weighted by molar-refractivity contribution is 0.632. The summed E-state index contributed by atoms with van der Waals surface area (Å²) in [7, 11) is 1.95. The zero-order valence-electron chi connectivity index (χ0n) is 11.2. The number of rotatable bonds is 6. The summed E-state index contributed by atoms with van der Waals surface area (Å²) < 4.78 is 4.05. The van der Waals surface area contributed by atoms with Crippen molar-refractivity contribution in [1.29, 1.82) is 0 Å². The topological polar surface area (TPSA) is 48.8 Å². The lowest BCUT2D eigenvalue weighted by Gasteiger charge is -2.07.